The first-order valence-electron chi connectivity index (χ1n) is 7.70. The van der Waals surface area contributed by atoms with Gasteiger partial charge in [0, 0.05) is 12.6 Å². The molecule has 0 amide bonds. The third-order valence-electron chi connectivity index (χ3n) is 3.85. The first-order chi connectivity index (χ1) is 12.1. The summed E-state index contributed by atoms with van der Waals surface area (Å²) >= 11 is 0. The lowest BCUT2D eigenvalue weighted by Gasteiger charge is -2.24. The molecule has 0 fully saturated rings. The van der Waals surface area contributed by atoms with Crippen LogP contribution in [0.5, 0.6) is 11.5 Å². The van der Waals surface area contributed by atoms with Crippen LogP contribution in [-0.2, 0) is 0 Å². The molecule has 0 bridgehead atoms. The van der Waals surface area contributed by atoms with Gasteiger partial charge in [-0.3, -0.25) is 4.98 Å². The highest BCUT2D eigenvalue weighted by atomic mass is 19.1. The predicted octanol–water partition coefficient (Wildman–Crippen LogP) is 4.08. The molecule has 0 radical (unpaired) electrons. The van der Waals surface area contributed by atoms with Crippen molar-refractivity contribution in [2.24, 2.45) is 0 Å². The van der Waals surface area contributed by atoms with Crippen LogP contribution in [0.25, 0.3) is 11.0 Å². The fourth-order valence-electron chi connectivity index (χ4n) is 2.63. The molecule has 5 nitrogen and oxygen atoms in total. The molecule has 1 heterocycles. The van der Waals surface area contributed by atoms with Gasteiger partial charge < -0.3 is 14.4 Å². The van der Waals surface area contributed by atoms with Gasteiger partial charge in [0.2, 0.25) is 5.82 Å². The van der Waals surface area contributed by atoms with Gasteiger partial charge in [0.15, 0.2) is 23.1 Å². The molecule has 7 heteroatoms. The molecule has 0 N–H and O–H groups in total. The van der Waals surface area contributed by atoms with Crippen molar-refractivity contribution in [1.29, 1.82) is 0 Å². The summed E-state index contributed by atoms with van der Waals surface area (Å²) in [5.41, 5.74) is 1.51. The Kier molecular flexibility index (Phi) is 4.65. The monoisotopic (exact) mass is 345 g/mol. The topological polar surface area (TPSA) is 47.5 Å². The van der Waals surface area contributed by atoms with Crippen LogP contribution in [0.2, 0.25) is 0 Å². The van der Waals surface area contributed by atoms with E-state index in [0.717, 1.165) is 5.52 Å². The maximum absolute atomic E-state index is 14.8. The molecule has 0 atom stereocenters. The zero-order valence-corrected chi connectivity index (χ0v) is 14.1. The van der Waals surface area contributed by atoms with Gasteiger partial charge in [-0.2, -0.15) is 4.39 Å². The smallest absolute Gasteiger partial charge is 0.210 e. The fraction of sp³-hybridized carbons (Fsp3) is 0.222. The van der Waals surface area contributed by atoms with Gasteiger partial charge in [-0.05, 0) is 19.1 Å². The summed E-state index contributed by atoms with van der Waals surface area (Å²) in [7, 11) is 2.52. The molecular weight excluding hydrogens is 328 g/mol. The van der Waals surface area contributed by atoms with Crippen LogP contribution in [-0.4, -0.2) is 30.7 Å². The Hall–Kier alpha value is -2.96. The Morgan fingerprint density at radius 3 is 2.40 bits per heavy atom. The van der Waals surface area contributed by atoms with E-state index in [1.54, 1.807) is 11.1 Å². The highest BCUT2D eigenvalue weighted by molar-refractivity contribution is 5.77. The average molecular weight is 345 g/mol. The second kappa shape index (κ2) is 6.88. The summed E-state index contributed by atoms with van der Waals surface area (Å²) < 4.78 is 38.8. The van der Waals surface area contributed by atoms with Gasteiger partial charge in [0.05, 0.1) is 37.1 Å². The molecule has 2 aromatic carbocycles. The summed E-state index contributed by atoms with van der Waals surface area (Å²) in [4.78, 5) is 10.4. The highest BCUT2D eigenvalue weighted by Crippen LogP contribution is 2.39. The third kappa shape index (κ3) is 2.93. The Morgan fingerprint density at radius 1 is 1.04 bits per heavy atom. The van der Waals surface area contributed by atoms with E-state index in [1.807, 2.05) is 31.2 Å². The van der Waals surface area contributed by atoms with Crippen molar-refractivity contribution in [2.45, 2.75) is 6.92 Å². The molecule has 1 aromatic heterocycles. The van der Waals surface area contributed by atoms with Gasteiger partial charge >= 0.3 is 0 Å². The van der Waals surface area contributed by atoms with Gasteiger partial charge in [-0.1, -0.05) is 12.1 Å². The lowest BCUT2D eigenvalue weighted by molar-refractivity contribution is 0.334. The molecule has 0 saturated carbocycles. The zero-order chi connectivity index (χ0) is 18.0. The largest absolute Gasteiger partial charge is 0.493 e. The highest BCUT2D eigenvalue weighted by Gasteiger charge is 2.24. The van der Waals surface area contributed by atoms with Crippen molar-refractivity contribution in [1.82, 2.24) is 9.97 Å². The lowest BCUT2D eigenvalue weighted by atomic mass is 10.2. The maximum atomic E-state index is 14.8. The van der Waals surface area contributed by atoms with E-state index in [-0.39, 0.29) is 11.4 Å². The van der Waals surface area contributed by atoms with Crippen molar-refractivity contribution in [3.8, 4) is 11.5 Å². The summed E-state index contributed by atoms with van der Waals surface area (Å²) in [5.74, 6) is -1.87. The van der Waals surface area contributed by atoms with E-state index in [2.05, 4.69) is 9.97 Å². The van der Waals surface area contributed by atoms with E-state index in [0.29, 0.717) is 17.9 Å². The lowest BCUT2D eigenvalue weighted by Crippen LogP contribution is -2.20. The number of aromatic nitrogens is 2. The molecule has 0 aliphatic rings. The minimum absolute atomic E-state index is 0.0992. The number of benzene rings is 2. The summed E-state index contributed by atoms with van der Waals surface area (Å²) in [6, 6.07) is 8.66. The van der Waals surface area contributed by atoms with Gasteiger partial charge in [-0.15, -0.1) is 0 Å². The second-order valence-corrected chi connectivity index (χ2v) is 5.22. The number of methoxy groups -OCH3 is 2. The number of fused-ring (bicyclic) bond motifs is 1. The van der Waals surface area contributed by atoms with Crippen LogP contribution in [0.3, 0.4) is 0 Å². The van der Waals surface area contributed by atoms with Crippen LogP contribution in [0.4, 0.5) is 20.3 Å². The zero-order valence-electron chi connectivity index (χ0n) is 14.1. The van der Waals surface area contributed by atoms with Gasteiger partial charge in [0.25, 0.3) is 0 Å². The fourth-order valence-corrected chi connectivity index (χ4v) is 2.63. The first kappa shape index (κ1) is 16.9. The van der Waals surface area contributed by atoms with Gasteiger partial charge in [-0.25, -0.2) is 9.37 Å². The second-order valence-electron chi connectivity index (χ2n) is 5.22. The van der Waals surface area contributed by atoms with Crippen molar-refractivity contribution in [3.63, 3.8) is 0 Å². The van der Waals surface area contributed by atoms with Crippen molar-refractivity contribution in [2.75, 3.05) is 25.7 Å². The summed E-state index contributed by atoms with van der Waals surface area (Å²) in [6.07, 6.45) is 1.55. The van der Waals surface area contributed by atoms with Crippen LogP contribution in [0, 0.1) is 11.6 Å². The van der Waals surface area contributed by atoms with Crippen molar-refractivity contribution < 1.29 is 18.3 Å². The molecule has 0 aliphatic heterocycles. The number of rotatable bonds is 5. The molecule has 0 saturated heterocycles. The Labute approximate surface area is 143 Å². The number of hydrogen-bond acceptors (Lipinski definition) is 5. The number of nitrogens with zero attached hydrogens (tertiary/aromatic N) is 3. The predicted molar refractivity (Wildman–Crippen MR) is 91.7 cm³/mol. The number of halogens is 2. The normalized spacial score (nSPS) is 10.8. The molecule has 3 aromatic rings. The number of para-hydroxylation sites is 2. The van der Waals surface area contributed by atoms with E-state index < -0.39 is 17.4 Å². The van der Waals surface area contributed by atoms with Crippen molar-refractivity contribution in [3.05, 3.63) is 48.2 Å². The SMILES string of the molecule is CCN(c1cnc2ccccc2n1)c1cc(OC)c(F)c(OC)c1F. The minimum Gasteiger partial charge on any atom is -0.493 e. The van der Waals surface area contributed by atoms with E-state index in [4.69, 9.17) is 9.47 Å². The number of hydrogen-bond donors (Lipinski definition) is 0. The molecule has 3 rings (SSSR count). The molecule has 0 aliphatic carbocycles. The maximum Gasteiger partial charge on any atom is 0.210 e. The molecule has 0 spiro atoms. The van der Waals surface area contributed by atoms with Crippen LogP contribution in [0.15, 0.2) is 36.5 Å². The van der Waals surface area contributed by atoms with Crippen molar-refractivity contribution >= 4 is 22.5 Å². The minimum atomic E-state index is -0.883. The molecule has 130 valence electrons. The van der Waals surface area contributed by atoms with Gasteiger partial charge in [0.1, 0.15) is 0 Å². The molecule has 0 unspecified atom stereocenters. The Bertz CT molecular complexity index is 918. The Balaban J connectivity index is 2.17. The summed E-state index contributed by atoms with van der Waals surface area (Å²) in [6.45, 7) is 2.22. The van der Waals surface area contributed by atoms with Crippen LogP contribution < -0.4 is 14.4 Å². The van der Waals surface area contributed by atoms with E-state index in [1.165, 1.54) is 20.3 Å². The van der Waals surface area contributed by atoms with Crippen LogP contribution >= 0.6 is 0 Å². The molecule has 25 heavy (non-hydrogen) atoms. The number of ether oxygens (including phenoxy) is 2. The summed E-state index contributed by atoms with van der Waals surface area (Å²) in [5, 5.41) is 0. The average Bonchev–Trinajstić information content (AvgIpc) is 2.64. The van der Waals surface area contributed by atoms with E-state index >= 15 is 0 Å². The van der Waals surface area contributed by atoms with E-state index in [9.17, 15) is 8.78 Å². The first-order valence-corrected chi connectivity index (χ1v) is 7.70. The standard InChI is InChI=1S/C18H17F2N3O2/c1-4-23(15-10-21-11-7-5-6-8-12(11)22-15)13-9-14(24-2)17(20)18(25-3)16(13)19/h5-10H,4H2,1-3H3. The Morgan fingerprint density at radius 2 is 1.76 bits per heavy atom. The number of anilines is 2. The quantitative estimate of drug-likeness (QED) is 0.697. The molecular formula is C18H17F2N3O2. The van der Waals surface area contributed by atoms with Crippen LogP contribution in [0.1, 0.15) is 6.92 Å². The third-order valence-corrected chi connectivity index (χ3v) is 3.85.